The minimum atomic E-state index is -0.145. The van der Waals surface area contributed by atoms with E-state index in [1.807, 2.05) is 4.40 Å². The standard InChI is InChI=1S/C13H13Cl2N3/c1-13(2,3)11-10(4-5-16)18-7-8(14)6-9(15)12(18)17-11/h6-7H,4H2,1-3H3. The Morgan fingerprint density at radius 3 is 2.61 bits per heavy atom. The summed E-state index contributed by atoms with van der Waals surface area (Å²) in [5, 5.41) is 10.00. The summed E-state index contributed by atoms with van der Waals surface area (Å²) in [7, 11) is 0. The molecule has 5 heteroatoms. The van der Waals surface area contributed by atoms with Crippen molar-refractivity contribution >= 4 is 28.8 Å². The summed E-state index contributed by atoms with van der Waals surface area (Å²) in [4.78, 5) is 4.56. The molecule has 2 rings (SSSR count). The number of pyridine rings is 1. The lowest BCUT2D eigenvalue weighted by molar-refractivity contribution is 0.566. The van der Waals surface area contributed by atoms with Crippen molar-refractivity contribution in [2.45, 2.75) is 32.6 Å². The van der Waals surface area contributed by atoms with Gasteiger partial charge in [-0.1, -0.05) is 44.0 Å². The number of nitriles is 1. The summed E-state index contributed by atoms with van der Waals surface area (Å²) < 4.78 is 1.81. The van der Waals surface area contributed by atoms with Gasteiger partial charge in [-0.25, -0.2) is 4.98 Å². The fourth-order valence-electron chi connectivity index (χ4n) is 1.96. The van der Waals surface area contributed by atoms with Gasteiger partial charge < -0.3 is 0 Å². The highest BCUT2D eigenvalue weighted by atomic mass is 35.5. The molecule has 2 heterocycles. The van der Waals surface area contributed by atoms with E-state index < -0.39 is 0 Å². The number of aromatic nitrogens is 2. The fourth-order valence-corrected chi connectivity index (χ4v) is 2.48. The zero-order valence-corrected chi connectivity index (χ0v) is 12.0. The molecule has 2 aromatic rings. The van der Waals surface area contributed by atoms with Gasteiger partial charge in [0.1, 0.15) is 0 Å². The second-order valence-corrected chi connectivity index (χ2v) is 6.04. The van der Waals surface area contributed by atoms with Crippen molar-refractivity contribution in [3.8, 4) is 6.07 Å². The minimum absolute atomic E-state index is 0.145. The van der Waals surface area contributed by atoms with Crippen LogP contribution in [0.15, 0.2) is 12.3 Å². The number of hydrogen-bond acceptors (Lipinski definition) is 2. The second kappa shape index (κ2) is 4.46. The predicted octanol–water partition coefficient (Wildman–Crippen LogP) is 4.00. The largest absolute Gasteiger partial charge is 0.300 e. The molecule has 0 fully saturated rings. The molecule has 0 amide bonds. The van der Waals surface area contributed by atoms with E-state index in [-0.39, 0.29) is 11.8 Å². The lowest BCUT2D eigenvalue weighted by Crippen LogP contribution is -2.14. The highest BCUT2D eigenvalue weighted by Gasteiger charge is 2.24. The average molecular weight is 282 g/mol. The van der Waals surface area contributed by atoms with E-state index in [1.54, 1.807) is 12.3 Å². The van der Waals surface area contributed by atoms with Crippen LogP contribution < -0.4 is 0 Å². The van der Waals surface area contributed by atoms with Crippen LogP contribution in [0.2, 0.25) is 10.0 Å². The minimum Gasteiger partial charge on any atom is -0.300 e. The molecule has 0 N–H and O–H groups in total. The first-order valence-electron chi connectivity index (χ1n) is 5.58. The van der Waals surface area contributed by atoms with Crippen molar-refractivity contribution < 1.29 is 0 Å². The van der Waals surface area contributed by atoms with Gasteiger partial charge >= 0.3 is 0 Å². The van der Waals surface area contributed by atoms with Crippen LogP contribution in [0.3, 0.4) is 0 Å². The predicted molar refractivity (Wildman–Crippen MR) is 73.2 cm³/mol. The zero-order valence-electron chi connectivity index (χ0n) is 10.5. The van der Waals surface area contributed by atoms with E-state index in [4.69, 9.17) is 28.5 Å². The lowest BCUT2D eigenvalue weighted by atomic mass is 9.90. The first-order valence-corrected chi connectivity index (χ1v) is 6.33. The Bertz CT molecular complexity index is 645. The molecule has 0 saturated carbocycles. The van der Waals surface area contributed by atoms with Crippen LogP contribution in [0.5, 0.6) is 0 Å². The van der Waals surface area contributed by atoms with Crippen LogP contribution in [0.25, 0.3) is 5.65 Å². The Morgan fingerprint density at radius 2 is 2.06 bits per heavy atom. The maximum Gasteiger partial charge on any atom is 0.156 e. The molecule has 0 saturated heterocycles. The van der Waals surface area contributed by atoms with Gasteiger partial charge in [0.2, 0.25) is 0 Å². The van der Waals surface area contributed by atoms with E-state index in [9.17, 15) is 0 Å². The normalized spacial score (nSPS) is 11.8. The number of nitrogens with zero attached hydrogens (tertiary/aromatic N) is 3. The average Bonchev–Trinajstić information content (AvgIpc) is 2.58. The quantitative estimate of drug-likeness (QED) is 0.793. The third kappa shape index (κ3) is 2.19. The van der Waals surface area contributed by atoms with Crippen LogP contribution in [0.4, 0.5) is 0 Å². The molecule has 2 aromatic heterocycles. The first-order chi connectivity index (χ1) is 8.34. The summed E-state index contributed by atoms with van der Waals surface area (Å²) in [5.41, 5.74) is 2.24. The molecule has 0 aliphatic heterocycles. The maximum atomic E-state index is 8.97. The van der Waals surface area contributed by atoms with Gasteiger partial charge in [-0.15, -0.1) is 0 Å². The molecule has 3 nitrogen and oxygen atoms in total. The first kappa shape index (κ1) is 13.2. The van der Waals surface area contributed by atoms with Crippen LogP contribution >= 0.6 is 23.2 Å². The molecule has 0 bridgehead atoms. The van der Waals surface area contributed by atoms with Crippen LogP contribution in [0.1, 0.15) is 32.2 Å². The van der Waals surface area contributed by atoms with E-state index in [2.05, 4.69) is 31.8 Å². The Morgan fingerprint density at radius 1 is 1.39 bits per heavy atom. The highest BCUT2D eigenvalue weighted by Crippen LogP contribution is 2.30. The van der Waals surface area contributed by atoms with Gasteiger partial charge in [0.05, 0.1) is 33.9 Å². The number of hydrogen-bond donors (Lipinski definition) is 0. The van der Waals surface area contributed by atoms with E-state index in [0.29, 0.717) is 15.7 Å². The van der Waals surface area contributed by atoms with Gasteiger partial charge in [0, 0.05) is 11.6 Å². The Hall–Kier alpha value is -1.24. The second-order valence-electron chi connectivity index (χ2n) is 5.19. The Kier molecular flexibility index (Phi) is 3.27. The SMILES string of the molecule is CC(C)(C)c1nc2c(Cl)cc(Cl)cn2c1CC#N. The molecular weight excluding hydrogens is 269 g/mol. The third-order valence-electron chi connectivity index (χ3n) is 2.70. The van der Waals surface area contributed by atoms with Crippen molar-refractivity contribution in [2.24, 2.45) is 0 Å². The smallest absolute Gasteiger partial charge is 0.156 e. The molecule has 0 spiro atoms. The Balaban J connectivity index is 2.85. The highest BCUT2D eigenvalue weighted by molar-refractivity contribution is 6.36. The van der Waals surface area contributed by atoms with Gasteiger partial charge in [-0.3, -0.25) is 4.40 Å². The van der Waals surface area contributed by atoms with E-state index in [0.717, 1.165) is 11.4 Å². The molecule has 0 atom stereocenters. The van der Waals surface area contributed by atoms with Crippen LogP contribution in [-0.4, -0.2) is 9.38 Å². The van der Waals surface area contributed by atoms with Crippen molar-refractivity contribution in [2.75, 3.05) is 0 Å². The number of fused-ring (bicyclic) bond motifs is 1. The lowest BCUT2D eigenvalue weighted by Gasteiger charge is -2.16. The zero-order chi connectivity index (χ0) is 13.5. The van der Waals surface area contributed by atoms with Crippen LogP contribution in [0, 0.1) is 11.3 Å². The molecule has 0 aliphatic carbocycles. The summed E-state index contributed by atoms with van der Waals surface area (Å²) in [6, 6.07) is 3.83. The van der Waals surface area contributed by atoms with Crippen LogP contribution in [-0.2, 0) is 11.8 Å². The maximum absolute atomic E-state index is 8.97. The molecule has 18 heavy (non-hydrogen) atoms. The van der Waals surface area contributed by atoms with Gasteiger partial charge in [-0.2, -0.15) is 5.26 Å². The monoisotopic (exact) mass is 281 g/mol. The molecule has 0 aromatic carbocycles. The van der Waals surface area contributed by atoms with E-state index in [1.165, 1.54) is 0 Å². The molecular formula is C13H13Cl2N3. The number of imidazole rings is 1. The van der Waals surface area contributed by atoms with E-state index >= 15 is 0 Å². The Labute approximate surface area is 116 Å². The van der Waals surface area contributed by atoms with Crippen molar-refractivity contribution in [3.05, 3.63) is 33.7 Å². The van der Waals surface area contributed by atoms with Crippen molar-refractivity contribution in [1.82, 2.24) is 9.38 Å². The molecule has 0 radical (unpaired) electrons. The number of halogens is 2. The summed E-state index contributed by atoms with van der Waals surface area (Å²) in [6.07, 6.45) is 2.03. The number of rotatable bonds is 1. The summed E-state index contributed by atoms with van der Waals surface area (Å²) in [5.74, 6) is 0. The summed E-state index contributed by atoms with van der Waals surface area (Å²) >= 11 is 12.2. The summed E-state index contributed by atoms with van der Waals surface area (Å²) in [6.45, 7) is 6.18. The molecule has 94 valence electrons. The third-order valence-corrected chi connectivity index (χ3v) is 3.18. The fraction of sp³-hybridized carbons (Fsp3) is 0.385. The molecule has 0 unspecified atom stereocenters. The van der Waals surface area contributed by atoms with Crippen molar-refractivity contribution in [3.63, 3.8) is 0 Å². The topological polar surface area (TPSA) is 41.1 Å². The van der Waals surface area contributed by atoms with Gasteiger partial charge in [-0.05, 0) is 6.07 Å². The molecule has 0 aliphatic rings. The van der Waals surface area contributed by atoms with Gasteiger partial charge in [0.25, 0.3) is 0 Å². The van der Waals surface area contributed by atoms with Gasteiger partial charge in [0.15, 0.2) is 5.65 Å². The van der Waals surface area contributed by atoms with Crippen molar-refractivity contribution in [1.29, 1.82) is 5.26 Å².